The third-order valence-electron chi connectivity index (χ3n) is 4.54. The summed E-state index contributed by atoms with van der Waals surface area (Å²) < 4.78 is 5.52. The first kappa shape index (κ1) is 19.5. The number of ether oxygens (including phenoxy) is 1. The van der Waals surface area contributed by atoms with Gasteiger partial charge in [0.25, 0.3) is 0 Å². The van der Waals surface area contributed by atoms with Gasteiger partial charge in [-0.25, -0.2) is 9.78 Å². The predicted octanol–water partition coefficient (Wildman–Crippen LogP) is 5.34. The van der Waals surface area contributed by atoms with Crippen LogP contribution in [-0.4, -0.2) is 40.7 Å². The molecule has 3 rings (SSSR count). The van der Waals surface area contributed by atoms with Crippen LogP contribution in [0.3, 0.4) is 0 Å². The van der Waals surface area contributed by atoms with Crippen molar-refractivity contribution >= 4 is 40.2 Å². The molecule has 2 heterocycles. The Kier molecular flexibility index (Phi) is 5.61. The Morgan fingerprint density at radius 3 is 2.93 bits per heavy atom. The normalized spacial score (nSPS) is 17.6. The molecule has 1 aromatic carbocycles. The van der Waals surface area contributed by atoms with Gasteiger partial charge in [-0.3, -0.25) is 0 Å². The molecule has 5 nitrogen and oxygen atoms in total. The Bertz CT molecular complexity index is 860. The van der Waals surface area contributed by atoms with Crippen LogP contribution >= 0.6 is 11.6 Å². The van der Waals surface area contributed by atoms with Gasteiger partial charge in [0, 0.05) is 47.4 Å². The lowest BCUT2D eigenvalue weighted by Crippen LogP contribution is -2.47. The number of aromatic nitrogens is 1. The van der Waals surface area contributed by atoms with Crippen LogP contribution in [0.1, 0.15) is 39.2 Å². The average molecular weight is 388 g/mol. The van der Waals surface area contributed by atoms with Gasteiger partial charge in [-0.05, 0) is 39.7 Å². The maximum atomic E-state index is 12.4. The number of rotatable bonds is 3. The molecule has 0 aliphatic carbocycles. The van der Waals surface area contributed by atoms with E-state index in [4.69, 9.17) is 16.3 Å². The molecule has 6 heteroatoms. The highest BCUT2D eigenvalue weighted by atomic mass is 35.5. The minimum Gasteiger partial charge on any atom is -0.444 e. The number of pyridine rings is 1. The van der Waals surface area contributed by atoms with Gasteiger partial charge in [-0.1, -0.05) is 36.4 Å². The number of nitrogens with one attached hydrogen (secondary N) is 1. The summed E-state index contributed by atoms with van der Waals surface area (Å²) >= 11 is 6.28. The topological polar surface area (TPSA) is 54.5 Å². The van der Waals surface area contributed by atoms with Crippen LogP contribution in [0.4, 0.5) is 10.5 Å². The number of nitrogens with zero attached hydrogens (tertiary/aromatic N) is 2. The van der Waals surface area contributed by atoms with E-state index in [1.54, 1.807) is 17.2 Å². The predicted molar refractivity (Wildman–Crippen MR) is 111 cm³/mol. The zero-order valence-electron chi connectivity index (χ0n) is 16.1. The molecule has 1 fully saturated rings. The maximum Gasteiger partial charge on any atom is 0.410 e. The van der Waals surface area contributed by atoms with Crippen molar-refractivity contribution in [2.45, 2.75) is 45.3 Å². The van der Waals surface area contributed by atoms with Gasteiger partial charge in [0.05, 0.1) is 0 Å². The zero-order valence-corrected chi connectivity index (χ0v) is 16.8. The van der Waals surface area contributed by atoms with Crippen LogP contribution in [0.15, 0.2) is 31.0 Å². The van der Waals surface area contributed by atoms with E-state index in [0.717, 1.165) is 41.4 Å². The van der Waals surface area contributed by atoms with E-state index < -0.39 is 5.60 Å². The molecule has 1 saturated heterocycles. The fraction of sp³-hybridized carbons (Fsp3) is 0.429. The third kappa shape index (κ3) is 4.53. The summed E-state index contributed by atoms with van der Waals surface area (Å²) in [6, 6.07) is 6.08. The van der Waals surface area contributed by atoms with E-state index in [9.17, 15) is 4.79 Å². The Morgan fingerprint density at radius 1 is 1.44 bits per heavy atom. The quantitative estimate of drug-likeness (QED) is 0.722. The monoisotopic (exact) mass is 387 g/mol. The summed E-state index contributed by atoms with van der Waals surface area (Å²) in [4.78, 5) is 18.4. The molecule has 144 valence electrons. The molecule has 2 aromatic rings. The molecular weight excluding hydrogens is 362 g/mol. The second kappa shape index (κ2) is 7.77. The third-order valence-corrected chi connectivity index (χ3v) is 4.85. The minimum absolute atomic E-state index is 0.140. The Morgan fingerprint density at radius 2 is 2.22 bits per heavy atom. The first-order chi connectivity index (χ1) is 12.8. The smallest absolute Gasteiger partial charge is 0.410 e. The Labute approximate surface area is 165 Å². The van der Waals surface area contributed by atoms with Crippen molar-refractivity contribution < 1.29 is 9.53 Å². The van der Waals surface area contributed by atoms with Crippen molar-refractivity contribution in [2.75, 3.05) is 18.4 Å². The van der Waals surface area contributed by atoms with Crippen molar-refractivity contribution in [3.63, 3.8) is 0 Å². The van der Waals surface area contributed by atoms with E-state index in [0.29, 0.717) is 11.7 Å². The van der Waals surface area contributed by atoms with E-state index in [1.807, 2.05) is 39.0 Å². The summed E-state index contributed by atoms with van der Waals surface area (Å²) in [5.74, 6) is 0. The van der Waals surface area contributed by atoms with Gasteiger partial charge >= 0.3 is 6.09 Å². The minimum atomic E-state index is -0.490. The molecular formula is C21H26ClN3O2. The second-order valence-corrected chi connectivity index (χ2v) is 8.20. The molecule has 1 amide bonds. The van der Waals surface area contributed by atoms with E-state index in [-0.39, 0.29) is 12.1 Å². The van der Waals surface area contributed by atoms with Crippen LogP contribution in [0.2, 0.25) is 5.15 Å². The number of hydrogen-bond acceptors (Lipinski definition) is 4. The molecule has 0 saturated carbocycles. The lowest BCUT2D eigenvalue weighted by molar-refractivity contribution is 0.0206. The van der Waals surface area contributed by atoms with Gasteiger partial charge < -0.3 is 15.0 Å². The summed E-state index contributed by atoms with van der Waals surface area (Å²) in [5.41, 5.74) is 1.41. The number of likely N-dealkylation sites (tertiary alicyclic amines) is 1. The fourth-order valence-electron chi connectivity index (χ4n) is 3.38. The standard InChI is InChI=1S/C21H26ClN3O2/c1-5-14-12-23-19(22)16-9-6-10-17(18(14)16)24-15-8-7-11-25(13-15)20(26)27-21(2,3)4/h5-6,9-10,12,15,24H,1,7-8,11,13H2,2-4H3. The average Bonchev–Trinajstić information content (AvgIpc) is 2.61. The van der Waals surface area contributed by atoms with Crippen LogP contribution in [0.5, 0.6) is 0 Å². The van der Waals surface area contributed by atoms with E-state index in [2.05, 4.69) is 16.9 Å². The van der Waals surface area contributed by atoms with Crippen molar-refractivity contribution in [1.82, 2.24) is 9.88 Å². The Balaban J connectivity index is 1.82. The van der Waals surface area contributed by atoms with Crippen molar-refractivity contribution in [2.24, 2.45) is 0 Å². The summed E-state index contributed by atoms with van der Waals surface area (Å²) in [6.07, 6.45) is 5.17. The second-order valence-electron chi connectivity index (χ2n) is 7.85. The molecule has 0 radical (unpaired) electrons. The lowest BCUT2D eigenvalue weighted by Gasteiger charge is -2.35. The van der Waals surface area contributed by atoms with Crippen molar-refractivity contribution in [3.8, 4) is 0 Å². The summed E-state index contributed by atoms with van der Waals surface area (Å²) in [7, 11) is 0. The largest absolute Gasteiger partial charge is 0.444 e. The fourth-order valence-corrected chi connectivity index (χ4v) is 3.58. The number of anilines is 1. The number of amides is 1. The van der Waals surface area contributed by atoms with Crippen LogP contribution in [-0.2, 0) is 4.74 Å². The molecule has 0 bridgehead atoms. The number of halogens is 1. The molecule has 27 heavy (non-hydrogen) atoms. The summed E-state index contributed by atoms with van der Waals surface area (Å²) in [6.45, 7) is 10.9. The van der Waals surface area contributed by atoms with Gasteiger partial charge in [-0.2, -0.15) is 0 Å². The molecule has 1 unspecified atom stereocenters. The Hall–Kier alpha value is -2.27. The number of fused-ring (bicyclic) bond motifs is 1. The number of benzene rings is 1. The SMILES string of the molecule is C=Cc1cnc(Cl)c2cccc(NC3CCCN(C(=O)OC(C)(C)C)C3)c12. The molecule has 1 aliphatic heterocycles. The number of carbonyl (C=O) groups excluding carboxylic acids is 1. The van der Waals surface area contributed by atoms with Crippen molar-refractivity contribution in [3.05, 3.63) is 41.7 Å². The zero-order chi connectivity index (χ0) is 19.6. The van der Waals surface area contributed by atoms with E-state index >= 15 is 0 Å². The van der Waals surface area contributed by atoms with Gasteiger partial charge in [0.2, 0.25) is 0 Å². The van der Waals surface area contributed by atoms with Gasteiger partial charge in [0.1, 0.15) is 10.8 Å². The van der Waals surface area contributed by atoms with Crippen LogP contribution in [0.25, 0.3) is 16.8 Å². The van der Waals surface area contributed by atoms with E-state index in [1.165, 1.54) is 0 Å². The molecule has 1 N–H and O–H groups in total. The molecule has 0 spiro atoms. The molecule has 1 atom stereocenters. The highest BCUT2D eigenvalue weighted by Gasteiger charge is 2.28. The molecule has 1 aliphatic rings. The lowest BCUT2D eigenvalue weighted by atomic mass is 10.0. The highest BCUT2D eigenvalue weighted by Crippen LogP contribution is 2.32. The van der Waals surface area contributed by atoms with Crippen LogP contribution in [0, 0.1) is 0 Å². The van der Waals surface area contributed by atoms with Gasteiger partial charge in [0.15, 0.2) is 0 Å². The molecule has 1 aromatic heterocycles. The van der Waals surface area contributed by atoms with Crippen LogP contribution < -0.4 is 5.32 Å². The highest BCUT2D eigenvalue weighted by molar-refractivity contribution is 6.35. The number of hydrogen-bond donors (Lipinski definition) is 1. The maximum absolute atomic E-state index is 12.4. The van der Waals surface area contributed by atoms with Gasteiger partial charge in [-0.15, -0.1) is 0 Å². The first-order valence-corrected chi connectivity index (χ1v) is 9.60. The first-order valence-electron chi connectivity index (χ1n) is 9.22. The van der Waals surface area contributed by atoms with Crippen molar-refractivity contribution in [1.29, 1.82) is 0 Å². The number of carbonyl (C=O) groups is 1. The summed E-state index contributed by atoms with van der Waals surface area (Å²) in [5, 5.41) is 5.95. The number of piperidine rings is 1.